The van der Waals surface area contributed by atoms with Gasteiger partial charge in [-0.05, 0) is 38.0 Å². The molecular weight excluding hydrogens is 441 g/mol. The number of carbonyl (C=O) groups is 1. The van der Waals surface area contributed by atoms with Crippen molar-refractivity contribution in [2.75, 3.05) is 26.2 Å². The number of hydrogen-bond acceptors (Lipinski definition) is 2. The summed E-state index contributed by atoms with van der Waals surface area (Å²) >= 11 is 0. The fourth-order valence-corrected chi connectivity index (χ4v) is 2.59. The SMILES string of the molecule is CCNC(=NCc1cc(F)ccc1F)NCCCN1CCCC1=O.I. The molecule has 1 amide bonds. The van der Waals surface area contributed by atoms with Gasteiger partial charge in [-0.1, -0.05) is 0 Å². The molecule has 1 aromatic carbocycles. The van der Waals surface area contributed by atoms with E-state index < -0.39 is 11.6 Å². The Morgan fingerprint density at radius 1 is 1.32 bits per heavy atom. The zero-order valence-corrected chi connectivity index (χ0v) is 16.7. The van der Waals surface area contributed by atoms with E-state index in [4.69, 9.17) is 0 Å². The Balaban J connectivity index is 0.00000312. The van der Waals surface area contributed by atoms with Crippen LogP contribution in [0.2, 0.25) is 0 Å². The lowest BCUT2D eigenvalue weighted by molar-refractivity contribution is -0.127. The Bertz CT molecular complexity index is 598. The predicted molar refractivity (Wildman–Crippen MR) is 105 cm³/mol. The number of aliphatic imine (C=N–C) groups is 1. The zero-order chi connectivity index (χ0) is 17.4. The van der Waals surface area contributed by atoms with E-state index in [1.54, 1.807) is 0 Å². The summed E-state index contributed by atoms with van der Waals surface area (Å²) in [5.41, 5.74) is 0.217. The molecule has 1 fully saturated rings. The Kier molecular flexibility index (Phi) is 9.69. The van der Waals surface area contributed by atoms with Crippen LogP contribution in [-0.2, 0) is 11.3 Å². The highest BCUT2D eigenvalue weighted by atomic mass is 127. The number of amides is 1. The van der Waals surface area contributed by atoms with Crippen LogP contribution < -0.4 is 10.6 Å². The highest BCUT2D eigenvalue weighted by Crippen LogP contribution is 2.11. The maximum Gasteiger partial charge on any atom is 0.222 e. The predicted octanol–water partition coefficient (Wildman–Crippen LogP) is 2.65. The van der Waals surface area contributed by atoms with E-state index in [0.717, 1.165) is 44.1 Å². The number of rotatable bonds is 7. The Morgan fingerprint density at radius 2 is 2.12 bits per heavy atom. The van der Waals surface area contributed by atoms with Crippen LogP contribution in [-0.4, -0.2) is 42.9 Å². The van der Waals surface area contributed by atoms with Gasteiger partial charge in [0.05, 0.1) is 6.54 Å². The molecule has 0 unspecified atom stereocenters. The van der Waals surface area contributed by atoms with Gasteiger partial charge in [-0.25, -0.2) is 13.8 Å². The van der Waals surface area contributed by atoms with Crippen molar-refractivity contribution in [3.63, 3.8) is 0 Å². The highest BCUT2D eigenvalue weighted by Gasteiger charge is 2.18. The Morgan fingerprint density at radius 3 is 2.80 bits per heavy atom. The van der Waals surface area contributed by atoms with Gasteiger partial charge in [0.15, 0.2) is 5.96 Å². The number of guanidine groups is 1. The molecule has 5 nitrogen and oxygen atoms in total. The van der Waals surface area contributed by atoms with Gasteiger partial charge in [-0.3, -0.25) is 4.79 Å². The lowest BCUT2D eigenvalue weighted by Crippen LogP contribution is -2.39. The average Bonchev–Trinajstić information content (AvgIpc) is 2.97. The van der Waals surface area contributed by atoms with E-state index in [1.807, 2.05) is 11.8 Å². The van der Waals surface area contributed by atoms with Gasteiger partial charge in [-0.15, -0.1) is 24.0 Å². The summed E-state index contributed by atoms with van der Waals surface area (Å²) in [6, 6.07) is 3.35. The van der Waals surface area contributed by atoms with Crippen molar-refractivity contribution in [2.24, 2.45) is 4.99 Å². The van der Waals surface area contributed by atoms with Gasteiger partial charge in [0.25, 0.3) is 0 Å². The van der Waals surface area contributed by atoms with Crippen molar-refractivity contribution in [2.45, 2.75) is 32.7 Å². The second kappa shape index (κ2) is 11.2. The number of nitrogens with one attached hydrogen (secondary N) is 2. The van der Waals surface area contributed by atoms with Crippen LogP contribution in [0.25, 0.3) is 0 Å². The number of likely N-dealkylation sites (tertiary alicyclic amines) is 1. The first kappa shape index (κ1) is 21.6. The van der Waals surface area contributed by atoms with Crippen LogP contribution in [0.4, 0.5) is 8.78 Å². The molecule has 0 radical (unpaired) electrons. The second-order valence-corrected chi connectivity index (χ2v) is 5.70. The summed E-state index contributed by atoms with van der Waals surface area (Å²) in [5, 5.41) is 6.21. The minimum absolute atomic E-state index is 0. The fourth-order valence-electron chi connectivity index (χ4n) is 2.59. The summed E-state index contributed by atoms with van der Waals surface area (Å²) in [6.45, 7) is 4.88. The molecule has 0 bridgehead atoms. The van der Waals surface area contributed by atoms with Crippen molar-refractivity contribution in [1.82, 2.24) is 15.5 Å². The van der Waals surface area contributed by atoms with Gasteiger partial charge in [0.1, 0.15) is 11.6 Å². The molecule has 25 heavy (non-hydrogen) atoms. The quantitative estimate of drug-likeness (QED) is 0.281. The minimum Gasteiger partial charge on any atom is -0.357 e. The molecule has 140 valence electrons. The van der Waals surface area contributed by atoms with Crippen LogP contribution in [0.1, 0.15) is 31.7 Å². The first-order chi connectivity index (χ1) is 11.6. The number of carbonyl (C=O) groups excluding carboxylic acids is 1. The Labute approximate surface area is 164 Å². The normalized spacial score (nSPS) is 14.4. The number of hydrogen-bond donors (Lipinski definition) is 2. The largest absolute Gasteiger partial charge is 0.357 e. The highest BCUT2D eigenvalue weighted by molar-refractivity contribution is 14.0. The first-order valence-corrected chi connectivity index (χ1v) is 8.34. The third-order valence-electron chi connectivity index (χ3n) is 3.83. The molecule has 1 saturated heterocycles. The van der Waals surface area contributed by atoms with Gasteiger partial charge >= 0.3 is 0 Å². The molecule has 1 heterocycles. The van der Waals surface area contributed by atoms with Crippen molar-refractivity contribution < 1.29 is 13.6 Å². The maximum absolute atomic E-state index is 13.6. The van der Waals surface area contributed by atoms with Gasteiger partial charge in [0.2, 0.25) is 5.91 Å². The van der Waals surface area contributed by atoms with E-state index in [0.29, 0.717) is 25.5 Å². The van der Waals surface area contributed by atoms with Crippen molar-refractivity contribution in [3.8, 4) is 0 Å². The average molecular weight is 466 g/mol. The van der Waals surface area contributed by atoms with Crippen LogP contribution in [0, 0.1) is 11.6 Å². The molecular formula is C17H25F2IN4O. The number of nitrogens with zero attached hydrogens (tertiary/aromatic N) is 2. The van der Waals surface area contributed by atoms with E-state index in [2.05, 4.69) is 15.6 Å². The molecule has 1 aliphatic heterocycles. The van der Waals surface area contributed by atoms with Crippen molar-refractivity contribution >= 4 is 35.8 Å². The topological polar surface area (TPSA) is 56.7 Å². The van der Waals surface area contributed by atoms with E-state index >= 15 is 0 Å². The second-order valence-electron chi connectivity index (χ2n) is 5.70. The lowest BCUT2D eigenvalue weighted by Gasteiger charge is -2.16. The number of halogens is 3. The van der Waals surface area contributed by atoms with Gasteiger partial charge < -0.3 is 15.5 Å². The molecule has 1 aliphatic rings. The van der Waals surface area contributed by atoms with Crippen molar-refractivity contribution in [3.05, 3.63) is 35.4 Å². The summed E-state index contributed by atoms with van der Waals surface area (Å²) in [6.07, 6.45) is 2.40. The van der Waals surface area contributed by atoms with E-state index in [-0.39, 0.29) is 42.0 Å². The summed E-state index contributed by atoms with van der Waals surface area (Å²) in [7, 11) is 0. The summed E-state index contributed by atoms with van der Waals surface area (Å²) in [4.78, 5) is 17.7. The monoisotopic (exact) mass is 466 g/mol. The lowest BCUT2D eigenvalue weighted by atomic mass is 10.2. The number of benzene rings is 1. The van der Waals surface area contributed by atoms with Crippen molar-refractivity contribution in [1.29, 1.82) is 0 Å². The molecule has 0 aromatic heterocycles. The molecule has 0 saturated carbocycles. The summed E-state index contributed by atoms with van der Waals surface area (Å²) < 4.78 is 26.8. The zero-order valence-electron chi connectivity index (χ0n) is 14.4. The van der Waals surface area contributed by atoms with Crippen LogP contribution in [0.3, 0.4) is 0 Å². The van der Waals surface area contributed by atoms with Crippen LogP contribution >= 0.6 is 24.0 Å². The first-order valence-electron chi connectivity index (χ1n) is 8.34. The molecule has 1 aromatic rings. The Hall–Kier alpha value is -1.45. The molecule has 8 heteroatoms. The standard InChI is InChI=1S/C17H24F2N4O.HI/c1-2-20-17(21-8-4-10-23-9-3-5-16(23)24)22-12-13-11-14(18)6-7-15(13)19;/h6-7,11H,2-5,8-10,12H2,1H3,(H2,20,21,22);1H. The molecule has 0 spiro atoms. The fraction of sp³-hybridized carbons (Fsp3) is 0.529. The van der Waals surface area contributed by atoms with Crippen LogP contribution in [0.15, 0.2) is 23.2 Å². The third-order valence-corrected chi connectivity index (χ3v) is 3.83. The van der Waals surface area contributed by atoms with Crippen LogP contribution in [0.5, 0.6) is 0 Å². The summed E-state index contributed by atoms with van der Waals surface area (Å²) in [5.74, 6) is -0.176. The molecule has 0 aliphatic carbocycles. The smallest absolute Gasteiger partial charge is 0.222 e. The van der Waals surface area contributed by atoms with Gasteiger partial charge in [0, 0.05) is 38.2 Å². The minimum atomic E-state index is -0.477. The molecule has 0 atom stereocenters. The van der Waals surface area contributed by atoms with E-state index in [1.165, 1.54) is 0 Å². The van der Waals surface area contributed by atoms with E-state index in [9.17, 15) is 13.6 Å². The molecule has 2 rings (SSSR count). The maximum atomic E-state index is 13.6. The third kappa shape index (κ3) is 7.13. The van der Waals surface area contributed by atoms with Gasteiger partial charge in [-0.2, -0.15) is 0 Å². The molecule has 2 N–H and O–H groups in total.